The maximum Gasteiger partial charge on any atom is 0.222 e. The Bertz CT molecular complexity index is 821. The molecule has 5 heteroatoms. The minimum absolute atomic E-state index is 0.247. The Labute approximate surface area is 141 Å². The summed E-state index contributed by atoms with van der Waals surface area (Å²) in [7, 11) is 0. The fourth-order valence-corrected chi connectivity index (χ4v) is 3.63. The highest BCUT2D eigenvalue weighted by Gasteiger charge is 2.24. The number of hydrogen-bond acceptors (Lipinski definition) is 2. The number of likely N-dealkylation sites (tertiary alicyclic amines) is 1. The number of aromatic nitrogens is 3. The van der Waals surface area contributed by atoms with Gasteiger partial charge in [-0.2, -0.15) is 5.10 Å². The molecule has 2 aromatic heterocycles. The Morgan fingerprint density at radius 1 is 1.29 bits per heavy atom. The molecule has 0 unspecified atom stereocenters. The van der Waals surface area contributed by atoms with E-state index in [0.29, 0.717) is 12.5 Å². The summed E-state index contributed by atoms with van der Waals surface area (Å²) in [5.74, 6) is 0.247. The first-order valence-electron chi connectivity index (χ1n) is 8.63. The first kappa shape index (κ1) is 15.0. The van der Waals surface area contributed by atoms with Gasteiger partial charge in [-0.3, -0.25) is 9.48 Å². The van der Waals surface area contributed by atoms with Crippen LogP contribution in [0.5, 0.6) is 0 Å². The topological polar surface area (TPSA) is 53.9 Å². The zero-order chi connectivity index (χ0) is 16.4. The normalized spacial score (nSPS) is 18.2. The Hall–Kier alpha value is -2.56. The van der Waals surface area contributed by atoms with Crippen LogP contribution in [0.3, 0.4) is 0 Å². The Kier molecular flexibility index (Phi) is 4.07. The van der Waals surface area contributed by atoms with Crippen molar-refractivity contribution in [1.29, 1.82) is 0 Å². The molecule has 0 aliphatic carbocycles. The maximum absolute atomic E-state index is 12.6. The molecule has 3 heterocycles. The van der Waals surface area contributed by atoms with E-state index in [1.165, 1.54) is 10.9 Å². The number of amides is 1. The number of H-pyrrole nitrogens is 1. The number of aryl methyl sites for hydroxylation is 1. The van der Waals surface area contributed by atoms with Crippen molar-refractivity contribution in [1.82, 2.24) is 19.7 Å². The number of carbonyl (C=O) groups is 1. The zero-order valence-corrected chi connectivity index (χ0v) is 13.7. The number of nitrogens with one attached hydrogen (secondary N) is 1. The molecule has 1 aliphatic rings. The van der Waals surface area contributed by atoms with Gasteiger partial charge in [-0.25, -0.2) is 0 Å². The first-order valence-corrected chi connectivity index (χ1v) is 8.63. The van der Waals surface area contributed by atoms with Crippen LogP contribution in [-0.4, -0.2) is 38.7 Å². The van der Waals surface area contributed by atoms with E-state index in [1.807, 2.05) is 40.2 Å². The molecular weight excluding hydrogens is 300 g/mol. The van der Waals surface area contributed by atoms with Gasteiger partial charge in [0, 0.05) is 49.0 Å². The number of para-hydroxylation sites is 1. The van der Waals surface area contributed by atoms with Crippen LogP contribution in [0.15, 0.2) is 48.9 Å². The van der Waals surface area contributed by atoms with Crippen molar-refractivity contribution in [2.75, 3.05) is 13.1 Å². The molecule has 4 rings (SSSR count). The third-order valence-electron chi connectivity index (χ3n) is 4.93. The van der Waals surface area contributed by atoms with Gasteiger partial charge < -0.3 is 9.88 Å². The van der Waals surface area contributed by atoms with Gasteiger partial charge in [-0.05, 0) is 37.0 Å². The van der Waals surface area contributed by atoms with Crippen molar-refractivity contribution in [3.63, 3.8) is 0 Å². The summed E-state index contributed by atoms with van der Waals surface area (Å²) >= 11 is 0. The average Bonchev–Trinajstić information content (AvgIpc) is 3.30. The fourth-order valence-electron chi connectivity index (χ4n) is 3.63. The van der Waals surface area contributed by atoms with Crippen molar-refractivity contribution in [3.05, 3.63) is 54.5 Å². The van der Waals surface area contributed by atoms with E-state index >= 15 is 0 Å². The molecule has 1 N–H and O–H groups in total. The van der Waals surface area contributed by atoms with E-state index in [0.717, 1.165) is 37.9 Å². The third kappa shape index (κ3) is 2.94. The minimum atomic E-state index is 0.247. The van der Waals surface area contributed by atoms with Crippen molar-refractivity contribution < 1.29 is 4.79 Å². The molecule has 0 spiro atoms. The summed E-state index contributed by atoms with van der Waals surface area (Å²) in [4.78, 5) is 17.9. The van der Waals surface area contributed by atoms with Crippen LogP contribution >= 0.6 is 0 Å². The van der Waals surface area contributed by atoms with Crippen molar-refractivity contribution in [2.24, 2.45) is 0 Å². The third-order valence-corrected chi connectivity index (χ3v) is 4.93. The molecule has 1 atom stereocenters. The molecule has 1 aliphatic heterocycles. The van der Waals surface area contributed by atoms with E-state index in [1.54, 1.807) is 6.20 Å². The molecule has 1 saturated heterocycles. The van der Waals surface area contributed by atoms with Crippen LogP contribution < -0.4 is 0 Å². The molecule has 0 saturated carbocycles. The lowest BCUT2D eigenvalue weighted by molar-refractivity contribution is -0.132. The van der Waals surface area contributed by atoms with Crippen molar-refractivity contribution >= 4 is 16.8 Å². The minimum Gasteiger partial charge on any atom is -0.361 e. The van der Waals surface area contributed by atoms with Gasteiger partial charge in [0.25, 0.3) is 0 Å². The number of rotatable bonds is 4. The predicted molar refractivity (Wildman–Crippen MR) is 93.7 cm³/mol. The molecule has 24 heavy (non-hydrogen) atoms. The largest absolute Gasteiger partial charge is 0.361 e. The fraction of sp³-hybridized carbons (Fsp3) is 0.368. The highest BCUT2D eigenvalue weighted by Crippen LogP contribution is 2.23. The predicted octanol–water partition coefficient (Wildman–Crippen LogP) is 3.16. The molecule has 0 bridgehead atoms. The lowest BCUT2D eigenvalue weighted by Crippen LogP contribution is -2.40. The van der Waals surface area contributed by atoms with E-state index in [2.05, 4.69) is 22.2 Å². The quantitative estimate of drug-likeness (QED) is 0.802. The molecule has 1 aromatic carbocycles. The Morgan fingerprint density at radius 3 is 3.08 bits per heavy atom. The molecule has 1 amide bonds. The van der Waals surface area contributed by atoms with E-state index in [-0.39, 0.29) is 5.91 Å². The van der Waals surface area contributed by atoms with Gasteiger partial charge in [-0.1, -0.05) is 18.2 Å². The van der Waals surface area contributed by atoms with Crippen LogP contribution in [0.25, 0.3) is 10.9 Å². The van der Waals surface area contributed by atoms with E-state index in [4.69, 9.17) is 0 Å². The van der Waals surface area contributed by atoms with Gasteiger partial charge in [0.05, 0.1) is 6.04 Å². The summed E-state index contributed by atoms with van der Waals surface area (Å²) in [6.07, 6.45) is 9.31. The summed E-state index contributed by atoms with van der Waals surface area (Å²) < 4.78 is 1.99. The summed E-state index contributed by atoms with van der Waals surface area (Å²) in [6.45, 7) is 1.64. The zero-order valence-electron chi connectivity index (χ0n) is 13.7. The smallest absolute Gasteiger partial charge is 0.222 e. The number of aromatic amines is 1. The van der Waals surface area contributed by atoms with E-state index < -0.39 is 0 Å². The Balaban J connectivity index is 1.39. The number of hydrogen-bond donors (Lipinski definition) is 1. The van der Waals surface area contributed by atoms with Gasteiger partial charge in [-0.15, -0.1) is 0 Å². The van der Waals surface area contributed by atoms with Gasteiger partial charge in [0.15, 0.2) is 0 Å². The number of piperidine rings is 1. The molecular formula is C19H22N4O. The van der Waals surface area contributed by atoms with Crippen LogP contribution in [0.1, 0.15) is 30.9 Å². The van der Waals surface area contributed by atoms with Crippen molar-refractivity contribution in [3.8, 4) is 0 Å². The number of fused-ring (bicyclic) bond motifs is 1. The maximum atomic E-state index is 12.6. The molecule has 3 aromatic rings. The summed E-state index contributed by atoms with van der Waals surface area (Å²) in [5, 5.41) is 5.55. The van der Waals surface area contributed by atoms with E-state index in [9.17, 15) is 4.79 Å². The average molecular weight is 322 g/mol. The number of carbonyl (C=O) groups excluding carboxylic acids is 1. The highest BCUT2D eigenvalue weighted by molar-refractivity contribution is 5.84. The van der Waals surface area contributed by atoms with Gasteiger partial charge in [0.1, 0.15) is 0 Å². The van der Waals surface area contributed by atoms with Crippen LogP contribution in [0.4, 0.5) is 0 Å². The second kappa shape index (κ2) is 6.51. The second-order valence-electron chi connectivity index (χ2n) is 6.48. The van der Waals surface area contributed by atoms with Crippen LogP contribution in [-0.2, 0) is 11.2 Å². The first-order chi connectivity index (χ1) is 11.8. The van der Waals surface area contributed by atoms with Gasteiger partial charge >= 0.3 is 0 Å². The number of benzene rings is 1. The SMILES string of the molecule is O=C(CCc1c[nH]c2ccccc12)N1CCC[C@@H](n2cccn2)C1. The molecule has 124 valence electrons. The summed E-state index contributed by atoms with van der Waals surface area (Å²) in [5.41, 5.74) is 2.36. The monoisotopic (exact) mass is 322 g/mol. The second-order valence-corrected chi connectivity index (χ2v) is 6.48. The number of nitrogens with zero attached hydrogens (tertiary/aromatic N) is 3. The summed E-state index contributed by atoms with van der Waals surface area (Å²) in [6, 6.07) is 10.5. The van der Waals surface area contributed by atoms with Gasteiger partial charge in [0.2, 0.25) is 5.91 Å². The molecule has 1 fully saturated rings. The molecule has 0 radical (unpaired) electrons. The van der Waals surface area contributed by atoms with Crippen LogP contribution in [0, 0.1) is 0 Å². The standard InChI is InChI=1S/C19H22N4O/c24-19(9-8-15-13-20-18-7-2-1-6-17(15)18)22-11-3-5-16(14-22)23-12-4-10-21-23/h1-2,4,6-7,10,12-13,16,20H,3,5,8-9,11,14H2/t16-/m1/s1. The lowest BCUT2D eigenvalue weighted by atomic mass is 10.0. The Morgan fingerprint density at radius 2 is 2.21 bits per heavy atom. The van der Waals surface area contributed by atoms with Crippen molar-refractivity contribution in [2.45, 2.75) is 31.7 Å². The van der Waals surface area contributed by atoms with Crippen LogP contribution in [0.2, 0.25) is 0 Å². The lowest BCUT2D eigenvalue weighted by Gasteiger charge is -2.33. The highest BCUT2D eigenvalue weighted by atomic mass is 16.2. The molecule has 5 nitrogen and oxygen atoms in total.